The van der Waals surface area contributed by atoms with E-state index in [1.165, 1.54) is 0 Å². The minimum atomic E-state index is 0. The normalized spacial score (nSPS) is 19.6. The lowest BCUT2D eigenvalue weighted by Gasteiger charge is -2.24. The number of hydrogen-bond acceptors (Lipinski definition) is 2. The molecule has 0 bridgehead atoms. The zero-order chi connectivity index (χ0) is 6.53. The van der Waals surface area contributed by atoms with E-state index in [2.05, 4.69) is 11.5 Å². The molecular weight excluding hydrogens is 194 g/mol. The molecule has 10 heavy (non-hydrogen) atoms. The molecule has 0 atom stereocenters. The van der Waals surface area contributed by atoms with E-state index < -0.39 is 0 Å². The molecule has 0 N–H and O–H groups in total. The summed E-state index contributed by atoms with van der Waals surface area (Å²) in [6.07, 6.45) is 1.94. The van der Waals surface area contributed by atoms with Crippen LogP contribution in [0, 0.1) is 0 Å². The molecule has 0 spiro atoms. The van der Waals surface area contributed by atoms with Crippen LogP contribution in [0.25, 0.3) is 0 Å². The van der Waals surface area contributed by atoms with Crippen LogP contribution in [0.5, 0.6) is 0 Å². The van der Waals surface area contributed by atoms with Crippen molar-refractivity contribution in [2.45, 2.75) is 0 Å². The number of rotatable bonds is 2. The average molecular weight is 208 g/mol. The van der Waals surface area contributed by atoms with Crippen LogP contribution in [0.2, 0.25) is 0 Å². The topological polar surface area (TPSA) is 12.5 Å². The first-order valence-corrected chi connectivity index (χ1v) is 3.34. The quantitative estimate of drug-likeness (QED) is 0.629. The molecule has 0 radical (unpaired) electrons. The first-order valence-electron chi connectivity index (χ1n) is 3.34. The number of halogens is 1. The number of morpholine rings is 1. The van der Waals surface area contributed by atoms with E-state index in [9.17, 15) is 0 Å². The Morgan fingerprint density at radius 3 is 2.50 bits per heavy atom. The third-order valence-electron chi connectivity index (χ3n) is 1.49. The van der Waals surface area contributed by atoms with Crippen molar-refractivity contribution < 1.29 is 4.74 Å². The van der Waals surface area contributed by atoms with Gasteiger partial charge in [-0.1, -0.05) is 6.08 Å². The van der Waals surface area contributed by atoms with Gasteiger partial charge in [0.15, 0.2) is 0 Å². The molecule has 0 aliphatic carbocycles. The summed E-state index contributed by atoms with van der Waals surface area (Å²) in [6.45, 7) is 8.56. The van der Waals surface area contributed by atoms with Crippen LogP contribution in [-0.4, -0.2) is 37.7 Å². The van der Waals surface area contributed by atoms with Gasteiger partial charge in [0.25, 0.3) is 0 Å². The molecule has 1 saturated heterocycles. The lowest BCUT2D eigenvalue weighted by molar-refractivity contribution is 0.0434. The molecule has 1 aliphatic heterocycles. The number of ether oxygens (including phenoxy) is 1. The average Bonchev–Trinajstić information content (AvgIpc) is 1.91. The lowest BCUT2D eigenvalue weighted by atomic mass is 10.4. The third-order valence-corrected chi connectivity index (χ3v) is 1.49. The second-order valence-electron chi connectivity index (χ2n) is 2.20. The van der Waals surface area contributed by atoms with Gasteiger partial charge in [-0.15, -0.1) is 23.6 Å². The Hall–Kier alpha value is 0.140. The molecule has 1 heterocycles. The van der Waals surface area contributed by atoms with E-state index in [0.717, 1.165) is 32.8 Å². The molecule has 1 aliphatic rings. The van der Waals surface area contributed by atoms with Crippen LogP contribution in [0.3, 0.4) is 0 Å². The smallest absolute Gasteiger partial charge is 0.0594 e. The van der Waals surface area contributed by atoms with Crippen LogP contribution in [0.1, 0.15) is 0 Å². The van der Waals surface area contributed by atoms with Gasteiger partial charge < -0.3 is 4.74 Å². The van der Waals surface area contributed by atoms with E-state index >= 15 is 0 Å². The Balaban J connectivity index is 0.000000810. The molecule has 3 heteroatoms. The fourth-order valence-electron chi connectivity index (χ4n) is 0.966. The van der Waals surface area contributed by atoms with Gasteiger partial charge in [-0.05, 0) is 0 Å². The zero-order valence-corrected chi connectivity index (χ0v) is 7.80. The van der Waals surface area contributed by atoms with Crippen LogP contribution >= 0.6 is 17.0 Å². The number of hydrogen-bond donors (Lipinski definition) is 0. The summed E-state index contributed by atoms with van der Waals surface area (Å²) >= 11 is 0. The van der Waals surface area contributed by atoms with Crippen molar-refractivity contribution in [1.29, 1.82) is 0 Å². The Bertz CT molecular complexity index is 91.6. The van der Waals surface area contributed by atoms with Gasteiger partial charge in [0.2, 0.25) is 0 Å². The Morgan fingerprint density at radius 1 is 1.40 bits per heavy atom. The molecule has 0 aromatic carbocycles. The largest absolute Gasteiger partial charge is 0.379 e. The van der Waals surface area contributed by atoms with Crippen LogP contribution in [0.4, 0.5) is 0 Å². The monoisotopic (exact) mass is 207 g/mol. The standard InChI is InChI=1S/C7H13NO.BrH/c1-2-3-8-4-6-9-7-5-8;/h2H,1,3-7H2;1H. The van der Waals surface area contributed by atoms with Gasteiger partial charge in [0.05, 0.1) is 13.2 Å². The fraction of sp³-hybridized carbons (Fsp3) is 0.714. The maximum Gasteiger partial charge on any atom is 0.0594 e. The maximum atomic E-state index is 5.17. The summed E-state index contributed by atoms with van der Waals surface area (Å²) in [5.74, 6) is 0. The highest BCUT2D eigenvalue weighted by Gasteiger charge is 2.06. The molecule has 0 unspecified atom stereocenters. The van der Waals surface area contributed by atoms with Gasteiger partial charge in [-0.2, -0.15) is 0 Å². The predicted octanol–water partition coefficient (Wildman–Crippen LogP) is 1.08. The first kappa shape index (κ1) is 10.1. The Kier molecular flexibility index (Phi) is 5.97. The van der Waals surface area contributed by atoms with Gasteiger partial charge in [0, 0.05) is 19.6 Å². The van der Waals surface area contributed by atoms with Crippen LogP contribution in [0.15, 0.2) is 12.7 Å². The predicted molar refractivity (Wildman–Crippen MR) is 47.8 cm³/mol. The molecular formula is C7H14BrNO. The molecule has 0 aromatic heterocycles. The minimum Gasteiger partial charge on any atom is -0.379 e. The molecule has 1 fully saturated rings. The molecule has 60 valence electrons. The highest BCUT2D eigenvalue weighted by Crippen LogP contribution is 1.94. The van der Waals surface area contributed by atoms with Crippen molar-refractivity contribution in [3.8, 4) is 0 Å². The summed E-state index contributed by atoms with van der Waals surface area (Å²) in [5, 5.41) is 0. The van der Waals surface area contributed by atoms with Gasteiger partial charge in [-0.25, -0.2) is 0 Å². The van der Waals surface area contributed by atoms with Gasteiger partial charge >= 0.3 is 0 Å². The van der Waals surface area contributed by atoms with Crippen LogP contribution < -0.4 is 0 Å². The summed E-state index contributed by atoms with van der Waals surface area (Å²) < 4.78 is 5.17. The zero-order valence-electron chi connectivity index (χ0n) is 6.08. The molecule has 1 rings (SSSR count). The second-order valence-corrected chi connectivity index (χ2v) is 2.20. The highest BCUT2D eigenvalue weighted by molar-refractivity contribution is 8.93. The van der Waals surface area contributed by atoms with E-state index in [1.54, 1.807) is 0 Å². The summed E-state index contributed by atoms with van der Waals surface area (Å²) in [7, 11) is 0. The van der Waals surface area contributed by atoms with E-state index in [1.807, 2.05) is 6.08 Å². The van der Waals surface area contributed by atoms with Crippen molar-refractivity contribution in [2.75, 3.05) is 32.8 Å². The van der Waals surface area contributed by atoms with Crippen LogP contribution in [-0.2, 0) is 4.74 Å². The first-order chi connectivity index (χ1) is 4.43. The van der Waals surface area contributed by atoms with Crippen molar-refractivity contribution in [3.05, 3.63) is 12.7 Å². The maximum absolute atomic E-state index is 5.17. The molecule has 0 aromatic rings. The van der Waals surface area contributed by atoms with E-state index in [-0.39, 0.29) is 17.0 Å². The molecule has 0 amide bonds. The summed E-state index contributed by atoms with van der Waals surface area (Å²) in [5.41, 5.74) is 0. The van der Waals surface area contributed by atoms with E-state index in [0.29, 0.717) is 0 Å². The summed E-state index contributed by atoms with van der Waals surface area (Å²) in [4.78, 5) is 2.33. The highest BCUT2D eigenvalue weighted by atomic mass is 79.9. The SMILES string of the molecule is Br.C=CCN1CCOCC1. The Morgan fingerprint density at radius 2 is 2.00 bits per heavy atom. The van der Waals surface area contributed by atoms with E-state index in [4.69, 9.17) is 4.74 Å². The van der Waals surface area contributed by atoms with Crippen molar-refractivity contribution in [2.24, 2.45) is 0 Å². The van der Waals surface area contributed by atoms with Crippen molar-refractivity contribution in [1.82, 2.24) is 4.90 Å². The third kappa shape index (κ3) is 3.34. The number of nitrogens with zero attached hydrogens (tertiary/aromatic N) is 1. The summed E-state index contributed by atoms with van der Waals surface area (Å²) in [6, 6.07) is 0. The van der Waals surface area contributed by atoms with Gasteiger partial charge in [0.1, 0.15) is 0 Å². The second kappa shape index (κ2) is 5.89. The van der Waals surface area contributed by atoms with Gasteiger partial charge in [-0.3, -0.25) is 4.90 Å². The Labute approximate surface area is 72.6 Å². The molecule has 2 nitrogen and oxygen atoms in total. The van der Waals surface area contributed by atoms with Crippen molar-refractivity contribution >= 4 is 17.0 Å². The fourth-order valence-corrected chi connectivity index (χ4v) is 0.966. The van der Waals surface area contributed by atoms with Crippen molar-refractivity contribution in [3.63, 3.8) is 0 Å². The molecule has 0 saturated carbocycles. The lowest BCUT2D eigenvalue weighted by Crippen LogP contribution is -2.36. The minimum absolute atomic E-state index is 0.